The van der Waals surface area contributed by atoms with Gasteiger partial charge < -0.3 is 19.5 Å². The molecule has 2 heterocycles. The second kappa shape index (κ2) is 11.2. The Balaban J connectivity index is 1.50. The zero-order chi connectivity index (χ0) is 24.6. The summed E-state index contributed by atoms with van der Waals surface area (Å²) in [6.45, 7) is 3.86. The number of pyridine rings is 1. The van der Waals surface area contributed by atoms with E-state index in [9.17, 15) is 4.79 Å². The number of rotatable bonds is 10. The highest BCUT2D eigenvalue weighted by Crippen LogP contribution is 2.21. The molecule has 0 radical (unpaired) electrons. The van der Waals surface area contributed by atoms with E-state index in [-0.39, 0.29) is 5.97 Å². The zero-order valence-electron chi connectivity index (χ0n) is 19.9. The van der Waals surface area contributed by atoms with Crippen molar-refractivity contribution in [3.8, 4) is 6.07 Å². The third kappa shape index (κ3) is 5.95. The number of carbonyl (C=O) groups excluding carboxylic acids is 1. The van der Waals surface area contributed by atoms with E-state index in [2.05, 4.69) is 44.0 Å². The van der Waals surface area contributed by atoms with Gasteiger partial charge in [0.05, 0.1) is 42.2 Å². The summed E-state index contributed by atoms with van der Waals surface area (Å²) in [6.07, 6.45) is 2.04. The maximum Gasteiger partial charge on any atom is 0.307 e. The highest BCUT2D eigenvalue weighted by molar-refractivity contribution is 5.77. The molecule has 0 atom stereocenters. The molecule has 0 amide bonds. The minimum atomic E-state index is -0.215. The van der Waals surface area contributed by atoms with Crippen LogP contribution >= 0.6 is 0 Å². The Morgan fingerprint density at radius 3 is 2.71 bits per heavy atom. The molecule has 0 unspecified atom stereocenters. The average molecular weight is 469 g/mol. The van der Waals surface area contributed by atoms with Crippen LogP contribution in [0.5, 0.6) is 0 Å². The van der Waals surface area contributed by atoms with E-state index in [1.165, 1.54) is 0 Å². The highest BCUT2D eigenvalue weighted by Gasteiger charge is 2.14. The molecular formula is C27H28N6O2. The Kier molecular flexibility index (Phi) is 7.58. The molecule has 0 saturated carbocycles. The van der Waals surface area contributed by atoms with Crippen LogP contribution in [0, 0.1) is 11.3 Å². The van der Waals surface area contributed by atoms with E-state index in [0.29, 0.717) is 38.2 Å². The molecule has 2 aromatic heterocycles. The quantitative estimate of drug-likeness (QED) is 0.344. The van der Waals surface area contributed by atoms with Gasteiger partial charge in [0, 0.05) is 32.0 Å². The van der Waals surface area contributed by atoms with Crippen molar-refractivity contribution < 1.29 is 9.53 Å². The fourth-order valence-electron chi connectivity index (χ4n) is 3.89. The van der Waals surface area contributed by atoms with Crippen LogP contribution in [0.1, 0.15) is 30.3 Å². The molecular weight excluding hydrogens is 440 g/mol. The number of aryl methyl sites for hydroxylation is 1. The number of nitrogens with one attached hydrogen (secondary N) is 1. The molecule has 4 rings (SSSR count). The lowest BCUT2D eigenvalue weighted by molar-refractivity contribution is -0.142. The molecule has 0 fully saturated rings. The number of benzene rings is 2. The summed E-state index contributed by atoms with van der Waals surface area (Å²) in [5.74, 6) is 1.50. The van der Waals surface area contributed by atoms with E-state index >= 15 is 0 Å². The number of aromatic nitrogens is 3. The first kappa shape index (κ1) is 23.8. The summed E-state index contributed by atoms with van der Waals surface area (Å²) < 4.78 is 7.18. The molecule has 35 heavy (non-hydrogen) atoms. The fraction of sp³-hybridized carbons (Fsp3) is 0.259. The second-order valence-corrected chi connectivity index (χ2v) is 8.12. The van der Waals surface area contributed by atoms with Crippen LogP contribution in [0.3, 0.4) is 0 Å². The summed E-state index contributed by atoms with van der Waals surface area (Å²) >= 11 is 0. The Hall–Kier alpha value is -4.38. The maximum absolute atomic E-state index is 11.9. The Labute approximate surface area is 204 Å². The molecule has 0 aliphatic heterocycles. The number of anilines is 2. The summed E-state index contributed by atoms with van der Waals surface area (Å²) in [5, 5.41) is 12.3. The first-order valence-electron chi connectivity index (χ1n) is 11.6. The standard InChI is InChI=1S/C27H28N6O2/c1-3-35-27(34)13-15-33(25-6-4-5-14-29-25)19-21-9-12-24-23(16-21)31-26(32(24)2)18-30-22-10-7-20(17-28)8-11-22/h4-12,14,16,30H,3,13,15,18-19H2,1-2H3. The number of fused-ring (bicyclic) bond motifs is 1. The van der Waals surface area contributed by atoms with Crippen molar-refractivity contribution in [2.24, 2.45) is 7.05 Å². The second-order valence-electron chi connectivity index (χ2n) is 8.12. The maximum atomic E-state index is 11.9. The topological polar surface area (TPSA) is 96.1 Å². The number of nitrogens with zero attached hydrogens (tertiary/aromatic N) is 5. The van der Waals surface area contributed by atoms with Crippen LogP contribution < -0.4 is 10.2 Å². The number of hydrogen-bond acceptors (Lipinski definition) is 7. The number of nitriles is 1. The van der Waals surface area contributed by atoms with Gasteiger partial charge in [-0.25, -0.2) is 9.97 Å². The molecule has 0 aliphatic rings. The largest absolute Gasteiger partial charge is 0.466 e. The van der Waals surface area contributed by atoms with Crippen LogP contribution in [0.25, 0.3) is 11.0 Å². The number of ether oxygens (including phenoxy) is 1. The summed E-state index contributed by atoms with van der Waals surface area (Å²) in [5.41, 5.74) is 4.60. The molecule has 0 bridgehead atoms. The van der Waals surface area contributed by atoms with Crippen molar-refractivity contribution in [3.05, 3.63) is 83.8 Å². The van der Waals surface area contributed by atoms with E-state index in [0.717, 1.165) is 33.9 Å². The predicted octanol–water partition coefficient (Wildman–Crippen LogP) is 4.41. The van der Waals surface area contributed by atoms with Gasteiger partial charge in [0.1, 0.15) is 11.6 Å². The van der Waals surface area contributed by atoms with Gasteiger partial charge in [-0.1, -0.05) is 12.1 Å². The van der Waals surface area contributed by atoms with Gasteiger partial charge in [-0.05, 0) is 61.0 Å². The van der Waals surface area contributed by atoms with Gasteiger partial charge in [0.2, 0.25) is 0 Å². The fourth-order valence-corrected chi connectivity index (χ4v) is 3.89. The van der Waals surface area contributed by atoms with Crippen LogP contribution in [0.15, 0.2) is 66.9 Å². The lowest BCUT2D eigenvalue weighted by Gasteiger charge is -2.23. The van der Waals surface area contributed by atoms with Crippen molar-refractivity contribution in [2.45, 2.75) is 26.4 Å². The van der Waals surface area contributed by atoms with Gasteiger partial charge in [0.15, 0.2) is 0 Å². The molecule has 2 aromatic carbocycles. The van der Waals surface area contributed by atoms with Crippen LogP contribution in [0.4, 0.5) is 11.5 Å². The average Bonchev–Trinajstić information content (AvgIpc) is 3.20. The molecule has 0 aliphatic carbocycles. The smallest absolute Gasteiger partial charge is 0.307 e. The van der Waals surface area contributed by atoms with Gasteiger partial charge in [-0.3, -0.25) is 4.79 Å². The van der Waals surface area contributed by atoms with Crippen molar-refractivity contribution in [2.75, 3.05) is 23.4 Å². The lowest BCUT2D eigenvalue weighted by Crippen LogP contribution is -2.27. The summed E-state index contributed by atoms with van der Waals surface area (Å²) in [6, 6.07) is 21.5. The number of imidazole rings is 1. The molecule has 8 heteroatoms. The predicted molar refractivity (Wildman–Crippen MR) is 136 cm³/mol. The molecule has 0 spiro atoms. The van der Waals surface area contributed by atoms with E-state index in [1.807, 2.05) is 44.3 Å². The minimum absolute atomic E-state index is 0.215. The SMILES string of the molecule is CCOC(=O)CCN(Cc1ccc2c(c1)nc(CNc1ccc(C#N)cc1)n2C)c1ccccn1. The molecule has 8 nitrogen and oxygen atoms in total. The lowest BCUT2D eigenvalue weighted by atomic mass is 10.1. The normalized spacial score (nSPS) is 10.7. The number of carbonyl (C=O) groups is 1. The van der Waals surface area contributed by atoms with E-state index in [1.54, 1.807) is 18.3 Å². The zero-order valence-corrected chi connectivity index (χ0v) is 19.9. The number of esters is 1. The third-order valence-corrected chi connectivity index (χ3v) is 5.74. The van der Waals surface area contributed by atoms with Crippen molar-refractivity contribution in [3.63, 3.8) is 0 Å². The molecule has 4 aromatic rings. The van der Waals surface area contributed by atoms with Crippen molar-refractivity contribution >= 4 is 28.5 Å². The third-order valence-electron chi connectivity index (χ3n) is 5.74. The first-order chi connectivity index (χ1) is 17.1. The minimum Gasteiger partial charge on any atom is -0.466 e. The summed E-state index contributed by atoms with van der Waals surface area (Å²) in [4.78, 5) is 23.3. The van der Waals surface area contributed by atoms with Crippen LogP contribution in [-0.4, -0.2) is 33.7 Å². The molecule has 178 valence electrons. The van der Waals surface area contributed by atoms with Gasteiger partial charge >= 0.3 is 5.97 Å². The molecule has 1 N–H and O–H groups in total. The van der Waals surface area contributed by atoms with Gasteiger partial charge in [0.25, 0.3) is 0 Å². The van der Waals surface area contributed by atoms with Gasteiger partial charge in [-0.2, -0.15) is 5.26 Å². The summed E-state index contributed by atoms with van der Waals surface area (Å²) in [7, 11) is 2.00. The Bertz CT molecular complexity index is 1330. The van der Waals surface area contributed by atoms with Crippen LogP contribution in [-0.2, 0) is 29.7 Å². The Morgan fingerprint density at radius 1 is 1.17 bits per heavy atom. The van der Waals surface area contributed by atoms with Crippen molar-refractivity contribution in [1.82, 2.24) is 14.5 Å². The highest BCUT2D eigenvalue weighted by atomic mass is 16.5. The van der Waals surface area contributed by atoms with E-state index < -0.39 is 0 Å². The monoisotopic (exact) mass is 468 g/mol. The first-order valence-corrected chi connectivity index (χ1v) is 11.6. The molecule has 0 saturated heterocycles. The Morgan fingerprint density at radius 2 is 2.00 bits per heavy atom. The van der Waals surface area contributed by atoms with E-state index in [4.69, 9.17) is 15.0 Å². The van der Waals surface area contributed by atoms with Crippen LogP contribution in [0.2, 0.25) is 0 Å². The van der Waals surface area contributed by atoms with Crippen molar-refractivity contribution in [1.29, 1.82) is 5.26 Å². The van der Waals surface area contributed by atoms with Gasteiger partial charge in [-0.15, -0.1) is 0 Å². The number of hydrogen-bond donors (Lipinski definition) is 1.